The second kappa shape index (κ2) is 5.97. The highest BCUT2D eigenvalue weighted by Gasteiger charge is 2.16. The van der Waals surface area contributed by atoms with Crippen LogP contribution < -0.4 is 4.74 Å². The second-order valence-corrected chi connectivity index (χ2v) is 4.86. The Morgan fingerprint density at radius 3 is 2.76 bits per heavy atom. The van der Waals surface area contributed by atoms with Crippen LogP contribution in [0.5, 0.6) is 5.75 Å². The van der Waals surface area contributed by atoms with Crippen LogP contribution in [0.25, 0.3) is 11.3 Å². The summed E-state index contributed by atoms with van der Waals surface area (Å²) < 4.78 is 15.9. The van der Waals surface area contributed by atoms with Crippen molar-refractivity contribution in [2.45, 2.75) is 18.9 Å². The van der Waals surface area contributed by atoms with Crippen LogP contribution in [-0.4, -0.2) is 35.6 Å². The molecule has 1 atom stereocenters. The number of rotatable bonds is 4. The zero-order valence-corrected chi connectivity index (χ0v) is 11.3. The average molecular weight is 289 g/mol. The van der Waals surface area contributed by atoms with Gasteiger partial charge >= 0.3 is 5.97 Å². The summed E-state index contributed by atoms with van der Waals surface area (Å²) in [6.07, 6.45) is 2.10. The third-order valence-electron chi connectivity index (χ3n) is 3.29. The van der Waals surface area contributed by atoms with Gasteiger partial charge in [0, 0.05) is 18.2 Å². The molecule has 2 heterocycles. The van der Waals surface area contributed by atoms with Gasteiger partial charge in [-0.1, -0.05) is 5.16 Å². The topological polar surface area (TPSA) is 81.8 Å². The van der Waals surface area contributed by atoms with Crippen LogP contribution in [0.4, 0.5) is 0 Å². The summed E-state index contributed by atoms with van der Waals surface area (Å²) in [5, 5.41) is 12.5. The van der Waals surface area contributed by atoms with Gasteiger partial charge in [0.2, 0.25) is 5.76 Å². The van der Waals surface area contributed by atoms with Gasteiger partial charge < -0.3 is 19.1 Å². The number of carboxylic acids is 1. The fourth-order valence-corrected chi connectivity index (χ4v) is 2.21. The van der Waals surface area contributed by atoms with Gasteiger partial charge in [-0.2, -0.15) is 0 Å². The van der Waals surface area contributed by atoms with Gasteiger partial charge in [-0.3, -0.25) is 0 Å². The summed E-state index contributed by atoms with van der Waals surface area (Å²) >= 11 is 0. The Bertz CT molecular complexity index is 613. The van der Waals surface area contributed by atoms with E-state index in [1.807, 2.05) is 24.3 Å². The molecule has 1 unspecified atom stereocenters. The summed E-state index contributed by atoms with van der Waals surface area (Å²) in [6.45, 7) is 1.42. The van der Waals surface area contributed by atoms with E-state index in [0.717, 1.165) is 30.8 Å². The van der Waals surface area contributed by atoms with E-state index in [-0.39, 0.29) is 11.9 Å². The molecule has 1 aliphatic heterocycles. The maximum Gasteiger partial charge on any atom is 0.374 e. The molecule has 6 nitrogen and oxygen atoms in total. The summed E-state index contributed by atoms with van der Waals surface area (Å²) in [4.78, 5) is 10.8. The minimum Gasteiger partial charge on any atom is -0.488 e. The molecule has 1 N–H and O–H groups in total. The molecule has 0 radical (unpaired) electrons. The lowest BCUT2D eigenvalue weighted by molar-refractivity contribution is 0.00744. The summed E-state index contributed by atoms with van der Waals surface area (Å²) in [5.74, 6) is -0.549. The third kappa shape index (κ3) is 3.22. The van der Waals surface area contributed by atoms with Crippen LogP contribution in [0, 0.1) is 0 Å². The van der Waals surface area contributed by atoms with Crippen molar-refractivity contribution in [3.8, 4) is 17.0 Å². The molecule has 0 spiro atoms. The molecule has 0 saturated carbocycles. The first-order chi connectivity index (χ1) is 10.2. The number of carboxylic acid groups (broad SMARTS) is 1. The molecule has 1 aromatic heterocycles. The molecule has 110 valence electrons. The van der Waals surface area contributed by atoms with E-state index < -0.39 is 5.97 Å². The number of hydrogen-bond acceptors (Lipinski definition) is 5. The highest BCUT2D eigenvalue weighted by molar-refractivity contribution is 5.85. The lowest BCUT2D eigenvalue weighted by Gasteiger charge is -2.23. The number of carbonyl (C=O) groups is 1. The fraction of sp³-hybridized carbons (Fsp3) is 0.333. The van der Waals surface area contributed by atoms with Crippen molar-refractivity contribution in [3.63, 3.8) is 0 Å². The Balaban J connectivity index is 1.69. The molecular formula is C15H15NO5. The van der Waals surface area contributed by atoms with Gasteiger partial charge in [-0.25, -0.2) is 4.79 Å². The number of benzene rings is 1. The van der Waals surface area contributed by atoms with E-state index in [4.69, 9.17) is 19.1 Å². The Kier molecular flexibility index (Phi) is 3.87. The summed E-state index contributed by atoms with van der Waals surface area (Å²) in [6, 6.07) is 8.70. The second-order valence-electron chi connectivity index (χ2n) is 4.86. The highest BCUT2D eigenvalue weighted by atomic mass is 16.5. The van der Waals surface area contributed by atoms with Crippen LogP contribution >= 0.6 is 0 Å². The van der Waals surface area contributed by atoms with Crippen LogP contribution in [0.1, 0.15) is 23.4 Å². The van der Waals surface area contributed by atoms with Crippen molar-refractivity contribution in [2.24, 2.45) is 0 Å². The predicted octanol–water partition coefficient (Wildman–Crippen LogP) is 2.60. The van der Waals surface area contributed by atoms with Gasteiger partial charge in [-0.15, -0.1) is 0 Å². The van der Waals surface area contributed by atoms with E-state index in [1.165, 1.54) is 6.07 Å². The quantitative estimate of drug-likeness (QED) is 0.931. The van der Waals surface area contributed by atoms with Crippen LogP contribution in [0.15, 0.2) is 34.9 Å². The van der Waals surface area contributed by atoms with Crippen molar-refractivity contribution in [3.05, 3.63) is 36.1 Å². The molecule has 21 heavy (non-hydrogen) atoms. The Morgan fingerprint density at radius 2 is 2.14 bits per heavy atom. The number of ether oxygens (including phenoxy) is 2. The van der Waals surface area contributed by atoms with E-state index in [9.17, 15) is 4.79 Å². The van der Waals surface area contributed by atoms with Crippen molar-refractivity contribution < 1.29 is 23.9 Å². The van der Waals surface area contributed by atoms with E-state index in [0.29, 0.717) is 12.3 Å². The van der Waals surface area contributed by atoms with Gasteiger partial charge in [0.15, 0.2) is 0 Å². The number of nitrogens with zero attached hydrogens (tertiary/aromatic N) is 1. The molecule has 2 aromatic rings. The molecule has 0 bridgehead atoms. The van der Waals surface area contributed by atoms with E-state index in [1.54, 1.807) is 0 Å². The van der Waals surface area contributed by atoms with Crippen molar-refractivity contribution in [1.82, 2.24) is 5.16 Å². The van der Waals surface area contributed by atoms with Gasteiger partial charge in [0.1, 0.15) is 17.5 Å². The molecule has 6 heteroatoms. The first-order valence-electron chi connectivity index (χ1n) is 6.77. The molecule has 3 rings (SSSR count). The standard InChI is InChI=1S/C15H15NO5/c17-15(18)14-8-13(16-21-14)10-3-5-11(6-4-10)20-12-2-1-7-19-9-12/h3-6,8,12H,1-2,7,9H2,(H,17,18). The average Bonchev–Trinajstić information content (AvgIpc) is 2.99. The molecule has 0 amide bonds. The minimum atomic E-state index is -1.13. The van der Waals surface area contributed by atoms with Crippen molar-refractivity contribution >= 4 is 5.97 Å². The lowest BCUT2D eigenvalue weighted by atomic mass is 10.1. The summed E-state index contributed by atoms with van der Waals surface area (Å²) in [5.41, 5.74) is 1.26. The minimum absolute atomic E-state index is 0.0928. The third-order valence-corrected chi connectivity index (χ3v) is 3.29. The number of aromatic carboxylic acids is 1. The molecular weight excluding hydrogens is 274 g/mol. The van der Waals surface area contributed by atoms with Gasteiger partial charge in [0.25, 0.3) is 0 Å². The first kappa shape index (κ1) is 13.6. The Labute approximate surface area is 121 Å². The van der Waals surface area contributed by atoms with Gasteiger partial charge in [0.05, 0.1) is 6.61 Å². The monoisotopic (exact) mass is 289 g/mol. The number of hydrogen-bond donors (Lipinski definition) is 1. The maximum atomic E-state index is 10.8. The first-order valence-corrected chi connectivity index (χ1v) is 6.77. The zero-order chi connectivity index (χ0) is 14.7. The lowest BCUT2D eigenvalue weighted by Crippen LogP contribution is -2.27. The summed E-state index contributed by atoms with van der Waals surface area (Å²) in [7, 11) is 0. The molecule has 1 aliphatic rings. The van der Waals surface area contributed by atoms with E-state index >= 15 is 0 Å². The van der Waals surface area contributed by atoms with Crippen molar-refractivity contribution in [2.75, 3.05) is 13.2 Å². The smallest absolute Gasteiger partial charge is 0.374 e. The Hall–Kier alpha value is -2.34. The van der Waals surface area contributed by atoms with Crippen LogP contribution in [0.3, 0.4) is 0 Å². The van der Waals surface area contributed by atoms with Gasteiger partial charge in [-0.05, 0) is 37.1 Å². The molecule has 1 fully saturated rings. The fourth-order valence-electron chi connectivity index (χ4n) is 2.21. The highest BCUT2D eigenvalue weighted by Crippen LogP contribution is 2.24. The van der Waals surface area contributed by atoms with Crippen LogP contribution in [-0.2, 0) is 4.74 Å². The van der Waals surface area contributed by atoms with Crippen LogP contribution in [0.2, 0.25) is 0 Å². The molecule has 1 aromatic carbocycles. The predicted molar refractivity (Wildman–Crippen MR) is 73.4 cm³/mol. The molecule has 1 saturated heterocycles. The largest absolute Gasteiger partial charge is 0.488 e. The normalized spacial score (nSPS) is 18.4. The Morgan fingerprint density at radius 1 is 1.33 bits per heavy atom. The maximum absolute atomic E-state index is 10.8. The number of aromatic nitrogens is 1. The van der Waals surface area contributed by atoms with Crippen molar-refractivity contribution in [1.29, 1.82) is 0 Å². The zero-order valence-electron chi connectivity index (χ0n) is 11.3. The molecule has 0 aliphatic carbocycles. The van der Waals surface area contributed by atoms with E-state index in [2.05, 4.69) is 5.16 Å². The SMILES string of the molecule is O=C(O)c1cc(-c2ccc(OC3CCCOC3)cc2)no1.